The van der Waals surface area contributed by atoms with Gasteiger partial charge < -0.3 is 15.6 Å². The van der Waals surface area contributed by atoms with Gasteiger partial charge in [-0.25, -0.2) is 13.6 Å². The van der Waals surface area contributed by atoms with Gasteiger partial charge in [0.1, 0.15) is 17.2 Å². The molecule has 0 aliphatic carbocycles. The number of amides is 2. The zero-order valence-corrected chi connectivity index (χ0v) is 12.5. The van der Waals surface area contributed by atoms with Crippen LogP contribution in [0.3, 0.4) is 0 Å². The van der Waals surface area contributed by atoms with Gasteiger partial charge in [0.15, 0.2) is 11.6 Å². The second-order valence-corrected chi connectivity index (χ2v) is 5.22. The van der Waals surface area contributed by atoms with Crippen molar-refractivity contribution >= 4 is 28.5 Å². The third kappa shape index (κ3) is 3.54. The van der Waals surface area contributed by atoms with Crippen LogP contribution in [0.1, 0.15) is 21.5 Å². The lowest BCUT2D eigenvalue weighted by Crippen LogP contribution is -2.16. The van der Waals surface area contributed by atoms with E-state index in [0.29, 0.717) is 11.5 Å². The Kier molecular flexibility index (Phi) is 4.74. The van der Waals surface area contributed by atoms with E-state index >= 15 is 0 Å². The molecule has 0 saturated carbocycles. The van der Waals surface area contributed by atoms with Crippen LogP contribution in [0.2, 0.25) is 0 Å². The van der Waals surface area contributed by atoms with Gasteiger partial charge in [0, 0.05) is 5.56 Å². The predicted octanol–water partition coefficient (Wildman–Crippen LogP) is 2.50. The van der Waals surface area contributed by atoms with Gasteiger partial charge in [-0.05, 0) is 24.0 Å². The summed E-state index contributed by atoms with van der Waals surface area (Å²) in [5.41, 5.74) is 4.95. The van der Waals surface area contributed by atoms with Crippen molar-refractivity contribution in [1.29, 1.82) is 0 Å². The van der Waals surface area contributed by atoms with Gasteiger partial charge >= 0.3 is 6.09 Å². The number of primary amides is 1. The van der Waals surface area contributed by atoms with Crippen molar-refractivity contribution in [2.75, 3.05) is 5.32 Å². The fourth-order valence-electron chi connectivity index (χ4n) is 1.72. The Morgan fingerprint density at radius 2 is 2.09 bits per heavy atom. The van der Waals surface area contributed by atoms with Crippen LogP contribution in [0.15, 0.2) is 12.1 Å². The van der Waals surface area contributed by atoms with E-state index < -0.39 is 30.2 Å². The molecule has 0 fully saturated rings. The number of ether oxygens (including phenoxy) is 1. The lowest BCUT2D eigenvalue weighted by molar-refractivity contribution is 0.0996. The van der Waals surface area contributed by atoms with Crippen molar-refractivity contribution in [2.45, 2.75) is 13.5 Å². The predicted molar refractivity (Wildman–Crippen MR) is 77.7 cm³/mol. The van der Waals surface area contributed by atoms with Crippen LogP contribution >= 0.6 is 11.5 Å². The van der Waals surface area contributed by atoms with Crippen LogP contribution in [-0.4, -0.2) is 21.5 Å². The van der Waals surface area contributed by atoms with E-state index in [1.165, 1.54) is 19.1 Å². The Morgan fingerprint density at radius 1 is 1.39 bits per heavy atom. The van der Waals surface area contributed by atoms with Gasteiger partial charge in [0.2, 0.25) is 5.88 Å². The minimum absolute atomic E-state index is 0.0794. The van der Waals surface area contributed by atoms with Crippen LogP contribution in [0, 0.1) is 18.6 Å². The second-order valence-electron chi connectivity index (χ2n) is 4.44. The molecule has 4 N–H and O–H groups in total. The average Bonchev–Trinajstić information content (AvgIpc) is 2.86. The van der Waals surface area contributed by atoms with Crippen molar-refractivity contribution in [3.63, 3.8) is 0 Å². The topological polar surface area (TPSA) is 115 Å². The van der Waals surface area contributed by atoms with Gasteiger partial charge in [-0.15, -0.1) is 0 Å². The summed E-state index contributed by atoms with van der Waals surface area (Å²) in [5.74, 6) is -3.28. The van der Waals surface area contributed by atoms with Crippen LogP contribution in [0.25, 0.3) is 0 Å². The van der Waals surface area contributed by atoms with Crippen molar-refractivity contribution in [1.82, 2.24) is 4.37 Å². The first-order valence-electron chi connectivity index (χ1n) is 6.17. The van der Waals surface area contributed by atoms with Crippen LogP contribution in [0.4, 0.5) is 18.6 Å². The van der Waals surface area contributed by atoms with Crippen molar-refractivity contribution in [3.8, 4) is 5.88 Å². The first-order chi connectivity index (χ1) is 10.8. The van der Waals surface area contributed by atoms with Gasteiger partial charge in [0.25, 0.3) is 5.91 Å². The van der Waals surface area contributed by atoms with Crippen LogP contribution < -0.4 is 15.8 Å². The molecule has 0 bridgehead atoms. The van der Waals surface area contributed by atoms with E-state index in [1.54, 1.807) is 0 Å². The van der Waals surface area contributed by atoms with Crippen molar-refractivity contribution in [2.24, 2.45) is 5.73 Å². The molecule has 122 valence electrons. The number of nitrogens with two attached hydrogens (primary N) is 1. The lowest BCUT2D eigenvalue weighted by Gasteiger charge is -2.08. The quantitative estimate of drug-likeness (QED) is 0.771. The van der Waals surface area contributed by atoms with E-state index in [9.17, 15) is 18.4 Å². The number of benzene rings is 1. The number of aryl methyl sites for hydroxylation is 1. The summed E-state index contributed by atoms with van der Waals surface area (Å²) in [6.07, 6.45) is -1.41. The van der Waals surface area contributed by atoms with Crippen LogP contribution in [-0.2, 0) is 6.61 Å². The summed E-state index contributed by atoms with van der Waals surface area (Å²) < 4.78 is 36.2. The van der Waals surface area contributed by atoms with Crippen molar-refractivity contribution in [3.05, 3.63) is 40.5 Å². The van der Waals surface area contributed by atoms with E-state index in [1.807, 2.05) is 5.32 Å². The van der Waals surface area contributed by atoms with Crippen molar-refractivity contribution < 1.29 is 28.2 Å². The number of aromatic nitrogens is 1. The smallest absolute Gasteiger partial charge is 0.409 e. The summed E-state index contributed by atoms with van der Waals surface area (Å²) in [7, 11) is 0. The van der Waals surface area contributed by atoms with Gasteiger partial charge in [-0.2, -0.15) is 4.37 Å². The number of nitrogens with one attached hydrogen (secondary N) is 1. The summed E-state index contributed by atoms with van der Waals surface area (Å²) in [4.78, 5) is 22.0. The molecule has 2 amide bonds. The fraction of sp³-hybridized carbons (Fsp3) is 0.154. The summed E-state index contributed by atoms with van der Waals surface area (Å²) in [6.45, 7) is 1.01. The summed E-state index contributed by atoms with van der Waals surface area (Å²) in [6, 6.07) is 2.71. The Balaban J connectivity index is 2.24. The molecule has 0 atom stereocenters. The zero-order valence-electron chi connectivity index (χ0n) is 11.7. The van der Waals surface area contributed by atoms with E-state index in [-0.39, 0.29) is 27.6 Å². The number of rotatable bonds is 5. The van der Waals surface area contributed by atoms with Crippen LogP contribution in [0.5, 0.6) is 5.88 Å². The Hall–Kier alpha value is -2.75. The first kappa shape index (κ1) is 16.6. The Morgan fingerprint density at radius 3 is 2.70 bits per heavy atom. The highest BCUT2D eigenvalue weighted by molar-refractivity contribution is 7.11. The SMILES string of the molecule is Cc1ccc(COc2nsc(NC(=O)O)c2C(N)=O)c(F)c1F. The lowest BCUT2D eigenvalue weighted by atomic mass is 10.1. The highest BCUT2D eigenvalue weighted by Gasteiger charge is 2.22. The number of hydrogen-bond donors (Lipinski definition) is 3. The maximum atomic E-state index is 13.7. The number of halogens is 2. The van der Waals surface area contributed by atoms with Gasteiger partial charge in [-0.3, -0.25) is 10.1 Å². The number of carbonyl (C=O) groups excluding carboxylic acids is 1. The molecule has 1 aromatic heterocycles. The largest absolute Gasteiger partial charge is 0.471 e. The van der Waals surface area contributed by atoms with E-state index in [0.717, 1.165) is 0 Å². The molecule has 1 aromatic carbocycles. The molecule has 2 rings (SSSR count). The fourth-order valence-corrected chi connectivity index (χ4v) is 2.45. The standard InChI is InChI=1S/C13H11F2N3O4S/c1-5-2-3-6(9(15)8(5)14)4-22-11-7(10(16)19)12(23-18-11)17-13(20)21/h2-3,17H,4H2,1H3,(H2,16,19)(H,20,21). The molecule has 10 heteroatoms. The van der Waals surface area contributed by atoms with E-state index in [4.69, 9.17) is 15.6 Å². The molecular weight excluding hydrogens is 332 g/mol. The van der Waals surface area contributed by atoms with E-state index in [2.05, 4.69) is 4.37 Å². The molecule has 23 heavy (non-hydrogen) atoms. The minimum atomic E-state index is -1.41. The first-order valence-corrected chi connectivity index (χ1v) is 6.94. The molecule has 2 aromatic rings. The van der Waals surface area contributed by atoms with Gasteiger partial charge in [0.05, 0.1) is 0 Å². The normalized spacial score (nSPS) is 10.4. The van der Waals surface area contributed by atoms with Gasteiger partial charge in [-0.1, -0.05) is 12.1 Å². The molecule has 7 nitrogen and oxygen atoms in total. The number of nitrogens with zero attached hydrogens (tertiary/aromatic N) is 1. The molecule has 0 unspecified atom stereocenters. The zero-order chi connectivity index (χ0) is 17.1. The molecule has 0 aliphatic rings. The molecule has 1 heterocycles. The Labute approximate surface area is 132 Å². The maximum absolute atomic E-state index is 13.7. The summed E-state index contributed by atoms with van der Waals surface area (Å²) in [5, 5.41) is 10.5. The number of carbonyl (C=O) groups is 2. The second kappa shape index (κ2) is 6.57. The number of carboxylic acid groups (broad SMARTS) is 1. The molecule has 0 radical (unpaired) electrons. The molecule has 0 aliphatic heterocycles. The number of hydrogen-bond acceptors (Lipinski definition) is 5. The molecule has 0 saturated heterocycles. The Bertz CT molecular complexity index is 779. The number of anilines is 1. The average molecular weight is 343 g/mol. The highest BCUT2D eigenvalue weighted by Crippen LogP contribution is 2.31. The highest BCUT2D eigenvalue weighted by atomic mass is 32.1. The third-order valence-corrected chi connectivity index (χ3v) is 3.59. The monoisotopic (exact) mass is 343 g/mol. The minimum Gasteiger partial charge on any atom is -0.471 e. The third-order valence-electron chi connectivity index (χ3n) is 2.85. The summed E-state index contributed by atoms with van der Waals surface area (Å²) >= 11 is 0.642. The molecular formula is C13H11F2N3O4S. The maximum Gasteiger partial charge on any atom is 0.409 e. The molecule has 0 spiro atoms.